The van der Waals surface area contributed by atoms with E-state index in [4.69, 9.17) is 0 Å². The Bertz CT molecular complexity index is 899. The first-order chi connectivity index (χ1) is 11.8. The van der Waals surface area contributed by atoms with Crippen molar-refractivity contribution < 1.29 is 22.7 Å². The van der Waals surface area contributed by atoms with E-state index in [0.717, 1.165) is 12.0 Å². The summed E-state index contributed by atoms with van der Waals surface area (Å²) in [4.78, 5) is 11.4. The minimum atomic E-state index is -4.20. The van der Waals surface area contributed by atoms with Gasteiger partial charge in [0.2, 0.25) is 0 Å². The maximum atomic E-state index is 15.1. The maximum Gasteiger partial charge on any atom is 0.326 e. The number of phenols is 1. The van der Waals surface area contributed by atoms with Gasteiger partial charge in [0.1, 0.15) is 18.0 Å². The summed E-state index contributed by atoms with van der Waals surface area (Å²) < 4.78 is 41.4. The number of carbonyl (C=O) groups excluding carboxylic acids is 1. The molecule has 3 N–H and O–H groups in total. The zero-order chi connectivity index (χ0) is 17.9. The summed E-state index contributed by atoms with van der Waals surface area (Å²) in [5.41, 5.74) is 0.448. The number of amides is 1. The fourth-order valence-corrected chi connectivity index (χ4v) is 4.72. The van der Waals surface area contributed by atoms with E-state index in [-0.39, 0.29) is 11.6 Å². The van der Waals surface area contributed by atoms with E-state index in [1.54, 1.807) is 4.72 Å². The fraction of sp³-hybridized carbons (Fsp3) is 0.438. The molecule has 1 saturated carbocycles. The van der Waals surface area contributed by atoms with Crippen LogP contribution in [0.25, 0.3) is 5.57 Å². The first kappa shape index (κ1) is 16.3. The molecule has 1 saturated heterocycles. The number of aromatic hydroxyl groups is 1. The highest BCUT2D eigenvalue weighted by atomic mass is 32.2. The van der Waals surface area contributed by atoms with Crippen LogP contribution in [0.3, 0.4) is 0 Å². The third-order valence-corrected chi connectivity index (χ3v) is 6.43. The van der Waals surface area contributed by atoms with Crippen molar-refractivity contribution in [1.82, 2.24) is 10.0 Å². The zero-order valence-electron chi connectivity index (χ0n) is 13.5. The van der Waals surface area contributed by atoms with Crippen molar-refractivity contribution in [2.24, 2.45) is 11.8 Å². The monoisotopic (exact) mass is 367 g/mol. The van der Waals surface area contributed by atoms with Crippen LogP contribution in [0.4, 0.5) is 10.1 Å². The number of hydrogen-bond donors (Lipinski definition) is 3. The quantitative estimate of drug-likeness (QED) is 0.731. The highest BCUT2D eigenvalue weighted by Gasteiger charge is 2.41. The van der Waals surface area contributed by atoms with Gasteiger partial charge < -0.3 is 10.4 Å². The Morgan fingerprint density at radius 3 is 2.68 bits per heavy atom. The second-order valence-corrected chi connectivity index (χ2v) is 8.40. The van der Waals surface area contributed by atoms with Gasteiger partial charge in [-0.2, -0.15) is 8.42 Å². The molecule has 1 aliphatic carbocycles. The third kappa shape index (κ3) is 2.67. The largest absolute Gasteiger partial charge is 0.506 e. The molecule has 2 fully saturated rings. The van der Waals surface area contributed by atoms with Crippen LogP contribution in [-0.2, 0) is 15.0 Å². The van der Waals surface area contributed by atoms with Crippen LogP contribution in [0.5, 0.6) is 5.75 Å². The van der Waals surface area contributed by atoms with Gasteiger partial charge in [0.05, 0.1) is 0 Å². The van der Waals surface area contributed by atoms with Gasteiger partial charge in [-0.3, -0.25) is 4.79 Å². The minimum Gasteiger partial charge on any atom is -0.506 e. The van der Waals surface area contributed by atoms with E-state index >= 15 is 4.39 Å². The van der Waals surface area contributed by atoms with Crippen LogP contribution in [0.1, 0.15) is 18.9 Å². The van der Waals surface area contributed by atoms with Gasteiger partial charge in [-0.1, -0.05) is 13.0 Å². The molecule has 7 nitrogen and oxygen atoms in total. The van der Waals surface area contributed by atoms with E-state index in [1.165, 1.54) is 12.1 Å². The number of hydrogen-bond acceptors (Lipinski definition) is 5. The van der Waals surface area contributed by atoms with Crippen molar-refractivity contribution in [3.8, 4) is 5.75 Å². The molecule has 2 aliphatic heterocycles. The summed E-state index contributed by atoms with van der Waals surface area (Å²) in [6, 6.07) is 2.86. The normalized spacial score (nSPS) is 30.3. The lowest BCUT2D eigenvalue weighted by Crippen LogP contribution is -2.30. The Labute approximate surface area is 144 Å². The van der Waals surface area contributed by atoms with Crippen molar-refractivity contribution in [3.63, 3.8) is 0 Å². The van der Waals surface area contributed by atoms with Crippen LogP contribution < -0.4 is 14.3 Å². The van der Waals surface area contributed by atoms with Gasteiger partial charge in [0.15, 0.2) is 5.82 Å². The Hall–Kier alpha value is -2.13. The van der Waals surface area contributed by atoms with Crippen molar-refractivity contribution >= 4 is 27.4 Å². The first-order valence-electron chi connectivity index (χ1n) is 8.07. The molecular weight excluding hydrogens is 349 g/mol. The van der Waals surface area contributed by atoms with Gasteiger partial charge >= 0.3 is 10.2 Å². The summed E-state index contributed by atoms with van der Waals surface area (Å²) in [6.45, 7) is 2.08. The van der Waals surface area contributed by atoms with Crippen LogP contribution in [-0.4, -0.2) is 38.6 Å². The molecule has 1 amide bonds. The number of carbonyl (C=O) groups is 1. The van der Waals surface area contributed by atoms with Gasteiger partial charge in [0, 0.05) is 18.2 Å². The molecule has 0 radical (unpaired) electrons. The van der Waals surface area contributed by atoms with E-state index < -0.39 is 39.9 Å². The fourth-order valence-electron chi connectivity index (χ4n) is 3.56. The summed E-state index contributed by atoms with van der Waals surface area (Å²) in [5.74, 6) is -0.968. The second-order valence-electron chi connectivity index (χ2n) is 6.81. The van der Waals surface area contributed by atoms with E-state index in [1.807, 2.05) is 6.08 Å². The summed E-state index contributed by atoms with van der Waals surface area (Å²) in [7, 11) is -4.20. The van der Waals surface area contributed by atoms with Gasteiger partial charge in [-0.15, -0.1) is 0 Å². The molecule has 9 heteroatoms. The van der Waals surface area contributed by atoms with E-state index in [9.17, 15) is 18.3 Å². The zero-order valence-corrected chi connectivity index (χ0v) is 14.3. The van der Waals surface area contributed by atoms with Crippen LogP contribution >= 0.6 is 0 Å². The molecule has 0 aromatic heterocycles. The number of nitrogens with one attached hydrogen (secondary N) is 2. The lowest BCUT2D eigenvalue weighted by molar-refractivity contribution is -0.117. The number of halogens is 1. The molecule has 4 rings (SSSR count). The topological polar surface area (TPSA) is 98.7 Å². The van der Waals surface area contributed by atoms with Gasteiger partial charge in [-0.05, 0) is 36.0 Å². The SMILES string of the molecule is CC1CC1C1C=C(c2ccc(O)c(N3CC(=O)NS3(=O)=O)c2F)CN1. The van der Waals surface area contributed by atoms with Crippen molar-refractivity contribution in [1.29, 1.82) is 0 Å². The molecule has 3 unspecified atom stereocenters. The standard InChI is InChI=1S/C16H18FN3O4S/c1-8-4-11(8)12-5-9(6-18-12)10-2-3-13(21)16(15(10)17)20-7-14(22)19-25(20,23)24/h2-3,5,8,11-12,18,21H,4,6-7H2,1H3,(H,19,22). The molecule has 0 spiro atoms. The average Bonchev–Trinajstić information content (AvgIpc) is 2.95. The minimum absolute atomic E-state index is 0.181. The molecule has 3 aliphatic rings. The predicted molar refractivity (Wildman–Crippen MR) is 89.5 cm³/mol. The van der Waals surface area contributed by atoms with Crippen LogP contribution in [0, 0.1) is 17.7 Å². The maximum absolute atomic E-state index is 15.1. The van der Waals surface area contributed by atoms with Crippen molar-refractivity contribution in [2.45, 2.75) is 19.4 Å². The van der Waals surface area contributed by atoms with Crippen LogP contribution in [0.15, 0.2) is 18.2 Å². The molecule has 0 bridgehead atoms. The van der Waals surface area contributed by atoms with Crippen molar-refractivity contribution in [2.75, 3.05) is 17.4 Å². The van der Waals surface area contributed by atoms with Crippen molar-refractivity contribution in [3.05, 3.63) is 29.6 Å². The summed E-state index contributed by atoms with van der Waals surface area (Å²) in [5, 5.41) is 13.3. The molecule has 134 valence electrons. The predicted octanol–water partition coefficient (Wildman–Crippen LogP) is 0.724. The molecule has 3 atom stereocenters. The number of benzene rings is 1. The van der Waals surface area contributed by atoms with Gasteiger partial charge in [-0.25, -0.2) is 13.4 Å². The highest BCUT2D eigenvalue weighted by molar-refractivity contribution is 7.92. The lowest BCUT2D eigenvalue weighted by Gasteiger charge is -2.18. The Morgan fingerprint density at radius 1 is 1.36 bits per heavy atom. The Morgan fingerprint density at radius 2 is 2.08 bits per heavy atom. The molecule has 25 heavy (non-hydrogen) atoms. The van der Waals surface area contributed by atoms with Gasteiger partial charge in [0.25, 0.3) is 5.91 Å². The molecule has 1 aromatic carbocycles. The molecule has 1 aromatic rings. The highest BCUT2D eigenvalue weighted by Crippen LogP contribution is 2.44. The Balaban J connectivity index is 1.73. The second kappa shape index (κ2) is 5.43. The lowest BCUT2D eigenvalue weighted by atomic mass is 10.0. The summed E-state index contributed by atoms with van der Waals surface area (Å²) in [6.07, 6.45) is 3.10. The third-order valence-electron chi connectivity index (χ3n) is 5.05. The molecular formula is C16H18FN3O4S. The average molecular weight is 367 g/mol. The van der Waals surface area contributed by atoms with E-state index in [0.29, 0.717) is 22.7 Å². The molecule has 2 heterocycles. The smallest absolute Gasteiger partial charge is 0.326 e. The first-order valence-corrected chi connectivity index (χ1v) is 9.51. The number of phenolic OH excluding ortho intramolecular Hbond substituents is 1. The Kier molecular flexibility index (Phi) is 3.55. The number of nitrogens with zero attached hydrogens (tertiary/aromatic N) is 1. The summed E-state index contributed by atoms with van der Waals surface area (Å²) >= 11 is 0. The van der Waals surface area contributed by atoms with E-state index in [2.05, 4.69) is 12.2 Å². The number of anilines is 1. The number of rotatable bonds is 3. The van der Waals surface area contributed by atoms with Crippen LogP contribution in [0.2, 0.25) is 0 Å².